The highest BCUT2D eigenvalue weighted by molar-refractivity contribution is 6.31. The molecule has 0 aliphatic rings. The maximum absolute atomic E-state index is 12.9. The van der Waals surface area contributed by atoms with Gasteiger partial charge in [-0.1, -0.05) is 24.8 Å². The number of nitrogens with zero attached hydrogens (tertiary/aromatic N) is 3. The second-order valence-electron chi connectivity index (χ2n) is 5.63. The lowest BCUT2D eigenvalue weighted by Gasteiger charge is -2.14. The summed E-state index contributed by atoms with van der Waals surface area (Å²) in [5.41, 5.74) is 4.22. The van der Waals surface area contributed by atoms with Gasteiger partial charge in [0.25, 0.3) is 0 Å². The van der Waals surface area contributed by atoms with E-state index in [0.29, 0.717) is 29.2 Å². The molecule has 0 unspecified atom stereocenters. The minimum Gasteiger partial charge on any atom is -0.359 e. The second kappa shape index (κ2) is 8.68. The molecule has 0 atom stereocenters. The monoisotopic (exact) mass is 395 g/mol. The third-order valence-electron chi connectivity index (χ3n) is 3.32. The molecule has 0 saturated carbocycles. The predicted molar refractivity (Wildman–Crippen MR) is 101 cm³/mol. The minimum atomic E-state index is -4.53. The van der Waals surface area contributed by atoms with E-state index in [4.69, 9.17) is 11.6 Å². The van der Waals surface area contributed by atoms with Crippen molar-refractivity contribution >= 4 is 28.7 Å². The van der Waals surface area contributed by atoms with E-state index in [1.165, 1.54) is 18.3 Å². The Morgan fingerprint density at radius 3 is 2.63 bits per heavy atom. The zero-order chi connectivity index (χ0) is 20.0. The largest absolute Gasteiger partial charge is 0.417 e. The average Bonchev–Trinajstić information content (AvgIpc) is 2.61. The molecule has 2 rings (SSSR count). The smallest absolute Gasteiger partial charge is 0.359 e. The molecule has 0 amide bonds. The number of hydrogen-bond acceptors (Lipinski definition) is 5. The summed E-state index contributed by atoms with van der Waals surface area (Å²) in [5, 5.41) is 6.62. The topological polar surface area (TPSA) is 62.2 Å². The van der Waals surface area contributed by atoms with Gasteiger partial charge >= 0.3 is 6.18 Å². The average molecular weight is 396 g/mol. The highest BCUT2D eigenvalue weighted by Gasteiger charge is 2.33. The van der Waals surface area contributed by atoms with Gasteiger partial charge < -0.3 is 5.32 Å². The van der Waals surface area contributed by atoms with Crippen LogP contribution in [0.3, 0.4) is 0 Å². The Bertz CT molecular complexity index is 863. The van der Waals surface area contributed by atoms with Crippen LogP contribution in [0, 0.1) is 0 Å². The predicted octanol–water partition coefficient (Wildman–Crippen LogP) is 5.10. The van der Waals surface area contributed by atoms with Crippen molar-refractivity contribution < 1.29 is 13.2 Å². The van der Waals surface area contributed by atoms with Gasteiger partial charge in [-0.2, -0.15) is 18.3 Å². The first-order valence-corrected chi connectivity index (χ1v) is 8.10. The Labute approximate surface area is 159 Å². The quantitative estimate of drug-likeness (QED) is 0.505. The number of allylic oxidation sites excluding steroid dienone is 1. The Morgan fingerprint density at radius 1 is 1.26 bits per heavy atom. The SMILES string of the molecule is C=C(C/C(C)=N/NC(=C)c1cnccn1)Nc1ccc(Cl)c(C(F)(F)F)c1. The number of benzene rings is 1. The van der Waals surface area contributed by atoms with E-state index in [-0.39, 0.29) is 10.7 Å². The van der Waals surface area contributed by atoms with Crippen LogP contribution in [0.15, 0.2) is 60.7 Å². The Morgan fingerprint density at radius 2 is 2.00 bits per heavy atom. The van der Waals surface area contributed by atoms with Gasteiger partial charge in [0, 0.05) is 35.9 Å². The zero-order valence-corrected chi connectivity index (χ0v) is 15.2. The number of hydrazone groups is 1. The standard InChI is InChI=1S/C18H17ClF3N5/c1-11(25-14-4-5-16(19)15(9-14)18(20,21)22)8-12(2)26-27-13(3)17-10-23-6-7-24-17/h4-7,9-10,25,27H,1,3,8H2,2H3/b26-12+. The molecule has 5 nitrogen and oxygen atoms in total. The number of anilines is 1. The highest BCUT2D eigenvalue weighted by Crippen LogP contribution is 2.36. The van der Waals surface area contributed by atoms with Crippen LogP contribution in [-0.4, -0.2) is 15.7 Å². The molecule has 2 aromatic rings. The molecular formula is C18H17ClF3N5. The van der Waals surface area contributed by atoms with Crippen molar-refractivity contribution in [1.29, 1.82) is 0 Å². The van der Waals surface area contributed by atoms with Crippen LogP contribution >= 0.6 is 11.6 Å². The minimum absolute atomic E-state index is 0.237. The van der Waals surface area contributed by atoms with Gasteiger partial charge in [0.15, 0.2) is 0 Å². The normalized spacial score (nSPS) is 11.8. The van der Waals surface area contributed by atoms with Gasteiger partial charge in [-0.05, 0) is 25.1 Å². The van der Waals surface area contributed by atoms with Crippen molar-refractivity contribution in [3.8, 4) is 0 Å². The van der Waals surface area contributed by atoms with Crippen LogP contribution < -0.4 is 10.7 Å². The van der Waals surface area contributed by atoms with Crippen LogP contribution in [0.25, 0.3) is 5.70 Å². The molecule has 0 saturated heterocycles. The molecular weight excluding hydrogens is 379 g/mol. The lowest BCUT2D eigenvalue weighted by atomic mass is 10.1. The Hall–Kier alpha value is -2.87. The van der Waals surface area contributed by atoms with E-state index >= 15 is 0 Å². The summed E-state index contributed by atoms with van der Waals surface area (Å²) in [7, 11) is 0. The van der Waals surface area contributed by atoms with E-state index in [1.54, 1.807) is 19.3 Å². The number of aromatic nitrogens is 2. The van der Waals surface area contributed by atoms with Crippen molar-refractivity contribution in [2.75, 3.05) is 5.32 Å². The molecule has 2 N–H and O–H groups in total. The zero-order valence-electron chi connectivity index (χ0n) is 14.4. The molecule has 9 heteroatoms. The molecule has 0 aliphatic heterocycles. The lowest BCUT2D eigenvalue weighted by molar-refractivity contribution is -0.137. The first-order valence-electron chi connectivity index (χ1n) is 7.73. The molecule has 0 aliphatic carbocycles. The highest BCUT2D eigenvalue weighted by atomic mass is 35.5. The first-order chi connectivity index (χ1) is 12.7. The van der Waals surface area contributed by atoms with Gasteiger partial charge in [-0.25, -0.2) is 0 Å². The molecule has 1 aromatic heterocycles. The summed E-state index contributed by atoms with van der Waals surface area (Å²) in [5.74, 6) is 0. The number of rotatable bonds is 7. The molecule has 1 heterocycles. The van der Waals surface area contributed by atoms with Gasteiger partial charge in [0.1, 0.15) is 5.69 Å². The summed E-state index contributed by atoms with van der Waals surface area (Å²) < 4.78 is 38.7. The van der Waals surface area contributed by atoms with Crippen molar-refractivity contribution in [3.05, 3.63) is 71.9 Å². The summed E-state index contributed by atoms with van der Waals surface area (Å²) in [6.45, 7) is 9.36. The van der Waals surface area contributed by atoms with E-state index in [1.807, 2.05) is 0 Å². The molecule has 0 bridgehead atoms. The molecule has 142 valence electrons. The molecule has 1 aromatic carbocycles. The van der Waals surface area contributed by atoms with Crippen molar-refractivity contribution in [1.82, 2.24) is 15.4 Å². The number of halogens is 4. The van der Waals surface area contributed by atoms with Crippen molar-refractivity contribution in [2.24, 2.45) is 5.10 Å². The van der Waals surface area contributed by atoms with Crippen LogP contribution in [-0.2, 0) is 6.18 Å². The first kappa shape index (κ1) is 20.4. The number of nitrogens with one attached hydrogen (secondary N) is 2. The van der Waals surface area contributed by atoms with Crippen molar-refractivity contribution in [3.63, 3.8) is 0 Å². The van der Waals surface area contributed by atoms with Crippen molar-refractivity contribution in [2.45, 2.75) is 19.5 Å². The van der Waals surface area contributed by atoms with E-state index in [0.717, 1.165) is 6.07 Å². The van der Waals surface area contributed by atoms with E-state index in [2.05, 4.69) is 39.0 Å². The lowest BCUT2D eigenvalue weighted by Crippen LogP contribution is -2.11. The van der Waals surface area contributed by atoms with Crippen LogP contribution in [0.2, 0.25) is 5.02 Å². The summed E-state index contributed by atoms with van der Waals surface area (Å²) in [6.07, 6.45) is 0.399. The molecule has 0 radical (unpaired) electrons. The fraction of sp³-hybridized carbons (Fsp3) is 0.167. The third kappa shape index (κ3) is 6.10. The fourth-order valence-corrected chi connectivity index (χ4v) is 2.32. The maximum Gasteiger partial charge on any atom is 0.417 e. The summed E-state index contributed by atoms with van der Waals surface area (Å²) >= 11 is 5.61. The van der Waals surface area contributed by atoms with Gasteiger partial charge in [-0.15, -0.1) is 0 Å². The third-order valence-corrected chi connectivity index (χ3v) is 3.65. The second-order valence-corrected chi connectivity index (χ2v) is 6.03. The Balaban J connectivity index is 1.96. The molecule has 27 heavy (non-hydrogen) atoms. The van der Waals surface area contributed by atoms with Gasteiger partial charge in [-0.3, -0.25) is 15.4 Å². The number of hydrogen-bond donors (Lipinski definition) is 2. The van der Waals surface area contributed by atoms with Crippen LogP contribution in [0.5, 0.6) is 0 Å². The van der Waals surface area contributed by atoms with E-state index in [9.17, 15) is 13.2 Å². The van der Waals surface area contributed by atoms with Gasteiger partial charge in [0.2, 0.25) is 0 Å². The summed E-state index contributed by atoms with van der Waals surface area (Å²) in [6, 6.07) is 3.57. The maximum atomic E-state index is 12.9. The fourth-order valence-electron chi connectivity index (χ4n) is 2.09. The Kier molecular flexibility index (Phi) is 6.57. The number of alkyl halides is 3. The molecule has 0 fully saturated rings. The summed E-state index contributed by atoms with van der Waals surface area (Å²) in [4.78, 5) is 8.02. The van der Waals surface area contributed by atoms with Crippen LogP contribution in [0.1, 0.15) is 24.6 Å². The molecule has 0 spiro atoms. The van der Waals surface area contributed by atoms with Gasteiger partial charge in [0.05, 0.1) is 22.5 Å². The van der Waals surface area contributed by atoms with E-state index < -0.39 is 11.7 Å². The van der Waals surface area contributed by atoms with Crippen LogP contribution in [0.4, 0.5) is 18.9 Å².